The van der Waals surface area contributed by atoms with Gasteiger partial charge in [-0.15, -0.1) is 0 Å². The number of rotatable bonds is 16. The maximum Gasteiger partial charge on any atom is 0.145 e. The van der Waals surface area contributed by atoms with Gasteiger partial charge in [-0.25, -0.2) is 8.78 Å². The largest absolute Gasteiger partial charge is 0.385 e. The van der Waals surface area contributed by atoms with Gasteiger partial charge in [0, 0.05) is 61.9 Å². The number of hydrogen-bond donors (Lipinski definition) is 2. The average Bonchev–Trinajstić information content (AvgIpc) is 3.36. The zero-order valence-electron chi connectivity index (χ0n) is 40.9. The van der Waals surface area contributed by atoms with Gasteiger partial charge >= 0.3 is 0 Å². The molecule has 2 aromatic carbocycles. The smallest absolute Gasteiger partial charge is 0.145 e. The maximum absolute atomic E-state index is 17.6. The van der Waals surface area contributed by atoms with E-state index in [9.17, 15) is 0 Å². The minimum absolute atomic E-state index is 0.0748. The van der Waals surface area contributed by atoms with Crippen LogP contribution in [0.2, 0.25) is 0 Å². The number of benzene rings is 2. The minimum Gasteiger partial charge on any atom is -0.385 e. The third-order valence-electron chi connectivity index (χ3n) is 19.0. The second-order valence-corrected chi connectivity index (χ2v) is 22.2. The third-order valence-corrected chi connectivity index (χ3v) is 19.0. The summed E-state index contributed by atoms with van der Waals surface area (Å²) in [5.41, 5.74) is 1.15. The monoisotopic (exact) mass is 913 g/mol. The first-order chi connectivity index (χ1) is 32.0. The van der Waals surface area contributed by atoms with Crippen molar-refractivity contribution in [2.45, 2.75) is 154 Å². The summed E-state index contributed by atoms with van der Waals surface area (Å²) in [6.07, 6.45) is 16.8. The minimum atomic E-state index is -0.944. The SMILES string of the molecule is COCC[C@@]1(C(=O)[C@]2(CCOC)C[C@H](C(=O)C3CCCCC3)[C@@H](c3cccc(F)c3C)C[C@H]2C2CCCNC2)C[C@H](C(=O)C2CCCCC2)[C@@H](c2cccc(F)c2C)C[C@H]1C1CCCNC1. The Morgan fingerprint density at radius 1 is 0.591 bits per heavy atom. The summed E-state index contributed by atoms with van der Waals surface area (Å²) in [5.74, 6) is -1.12. The molecule has 4 aliphatic carbocycles. The molecule has 0 bridgehead atoms. The van der Waals surface area contributed by atoms with Crippen molar-refractivity contribution in [3.63, 3.8) is 0 Å². The summed E-state index contributed by atoms with van der Waals surface area (Å²) in [5, 5.41) is 7.46. The Balaban J connectivity index is 1.34. The first-order valence-electron chi connectivity index (χ1n) is 26.6. The molecular formula is C57H82F2N2O5. The number of halogens is 2. The molecule has 7 nitrogen and oxygen atoms in total. The van der Waals surface area contributed by atoms with Crippen molar-refractivity contribution in [2.24, 2.45) is 58.2 Å². The van der Waals surface area contributed by atoms with Crippen molar-refractivity contribution in [1.29, 1.82) is 0 Å². The Bertz CT molecular complexity index is 1830. The standard InChI is InChI=1S/C57H82F2N2O5/c1-37-43(21-11-23-51(37)58)45-31-49(41-19-13-27-60-35-41)56(25-29-65-3,33-47(45)53(62)39-15-7-5-8-16-39)55(64)57(26-30-66-4)34-48(54(63)40-17-9-6-10-18-40)46(44-22-12-24-52(59)38(44)2)32-50(57)42-20-14-28-61-36-42/h11-12,21-24,39-42,45-50,60-61H,5-10,13-20,25-36H2,1-4H3/t41?,42?,45-,46-,47+,48+,49+,50+,56-,57-/m1/s1. The van der Waals surface area contributed by atoms with Gasteiger partial charge < -0.3 is 20.1 Å². The molecule has 2 unspecified atom stereocenters. The molecule has 4 saturated carbocycles. The first kappa shape index (κ1) is 49.6. The summed E-state index contributed by atoms with van der Waals surface area (Å²) < 4.78 is 43.6. The van der Waals surface area contributed by atoms with Gasteiger partial charge in [0.15, 0.2) is 0 Å². The summed E-state index contributed by atoms with van der Waals surface area (Å²) in [4.78, 5) is 48.8. The van der Waals surface area contributed by atoms with Crippen LogP contribution in [0.25, 0.3) is 0 Å². The lowest BCUT2D eigenvalue weighted by Crippen LogP contribution is -2.62. The molecule has 2 aromatic rings. The predicted octanol–water partition coefficient (Wildman–Crippen LogP) is 11.4. The first-order valence-corrected chi connectivity index (χ1v) is 26.6. The number of carbonyl (C=O) groups excluding carboxylic acids is 3. The molecule has 2 heterocycles. The van der Waals surface area contributed by atoms with Gasteiger partial charge in [-0.05, 0) is 200 Å². The van der Waals surface area contributed by atoms with E-state index in [0.717, 1.165) is 127 Å². The van der Waals surface area contributed by atoms with E-state index in [4.69, 9.17) is 9.47 Å². The fraction of sp³-hybridized carbons (Fsp3) is 0.737. The topological polar surface area (TPSA) is 93.7 Å². The number of nitrogens with one attached hydrogen (secondary N) is 2. The van der Waals surface area contributed by atoms with E-state index in [0.29, 0.717) is 62.9 Å². The number of methoxy groups -OCH3 is 2. The molecule has 0 aromatic heterocycles. The molecule has 0 amide bonds. The Morgan fingerprint density at radius 2 is 1.00 bits per heavy atom. The molecule has 9 heteroatoms. The highest BCUT2D eigenvalue weighted by Crippen LogP contribution is 2.65. The summed E-state index contributed by atoms with van der Waals surface area (Å²) in [7, 11) is 3.45. The van der Waals surface area contributed by atoms with Gasteiger partial charge in [0.05, 0.1) is 0 Å². The van der Waals surface area contributed by atoms with Crippen molar-refractivity contribution in [3.8, 4) is 0 Å². The second-order valence-electron chi connectivity index (χ2n) is 22.2. The van der Waals surface area contributed by atoms with Crippen LogP contribution in [0.5, 0.6) is 0 Å². The van der Waals surface area contributed by atoms with Gasteiger partial charge in [-0.2, -0.15) is 0 Å². The summed E-state index contributed by atoms with van der Waals surface area (Å²) >= 11 is 0. The predicted molar refractivity (Wildman–Crippen MR) is 257 cm³/mol. The Kier molecular flexibility index (Phi) is 16.7. The zero-order chi connectivity index (χ0) is 46.4. The van der Waals surface area contributed by atoms with E-state index in [1.165, 1.54) is 12.1 Å². The number of hydrogen-bond acceptors (Lipinski definition) is 7. The van der Waals surface area contributed by atoms with Crippen LogP contribution in [0.1, 0.15) is 163 Å². The molecule has 364 valence electrons. The lowest BCUT2D eigenvalue weighted by atomic mass is 9.43. The molecule has 0 radical (unpaired) electrons. The molecule has 6 aliphatic rings. The van der Waals surface area contributed by atoms with Crippen molar-refractivity contribution < 1.29 is 32.6 Å². The van der Waals surface area contributed by atoms with Gasteiger partial charge in [0.25, 0.3) is 0 Å². The van der Waals surface area contributed by atoms with Crippen LogP contribution in [-0.2, 0) is 23.9 Å². The normalized spacial score (nSPS) is 33.9. The number of piperidine rings is 2. The molecule has 0 spiro atoms. The quantitative estimate of drug-likeness (QED) is 0.173. The van der Waals surface area contributed by atoms with E-state index < -0.39 is 22.7 Å². The highest BCUT2D eigenvalue weighted by Gasteiger charge is 2.65. The average molecular weight is 913 g/mol. The van der Waals surface area contributed by atoms with E-state index >= 15 is 23.2 Å². The van der Waals surface area contributed by atoms with E-state index in [2.05, 4.69) is 10.6 Å². The van der Waals surface area contributed by atoms with Gasteiger partial charge in [0.1, 0.15) is 29.0 Å². The third kappa shape index (κ3) is 9.95. The molecular weight excluding hydrogens is 831 g/mol. The van der Waals surface area contributed by atoms with Crippen LogP contribution in [0, 0.1) is 83.7 Å². The van der Waals surface area contributed by atoms with E-state index in [1.807, 2.05) is 26.0 Å². The number of Topliss-reactive ketones (excluding diaryl/α,β-unsaturated/α-hetero) is 3. The fourth-order valence-corrected chi connectivity index (χ4v) is 15.5. The van der Waals surface area contributed by atoms with Crippen LogP contribution < -0.4 is 10.6 Å². The summed E-state index contributed by atoms with van der Waals surface area (Å²) in [6, 6.07) is 10.8. The van der Waals surface area contributed by atoms with Crippen LogP contribution >= 0.6 is 0 Å². The molecule has 10 atom stereocenters. The molecule has 8 rings (SSSR count). The number of carbonyl (C=O) groups is 3. The van der Waals surface area contributed by atoms with Crippen LogP contribution in [0.3, 0.4) is 0 Å². The van der Waals surface area contributed by atoms with Crippen molar-refractivity contribution in [3.05, 3.63) is 70.3 Å². The molecule has 2 aliphatic heterocycles. The number of ether oxygens (including phenoxy) is 2. The van der Waals surface area contributed by atoms with Crippen LogP contribution in [0.15, 0.2) is 36.4 Å². The highest BCUT2D eigenvalue weighted by molar-refractivity contribution is 5.95. The van der Waals surface area contributed by atoms with Crippen LogP contribution in [0.4, 0.5) is 8.78 Å². The lowest BCUT2D eigenvalue weighted by Gasteiger charge is -2.60. The van der Waals surface area contributed by atoms with Crippen molar-refractivity contribution >= 4 is 17.3 Å². The van der Waals surface area contributed by atoms with Crippen molar-refractivity contribution in [1.82, 2.24) is 10.6 Å². The Morgan fingerprint density at radius 3 is 1.36 bits per heavy atom. The Labute approximate surface area is 395 Å². The maximum atomic E-state index is 17.6. The van der Waals surface area contributed by atoms with Gasteiger partial charge in [0.2, 0.25) is 0 Å². The van der Waals surface area contributed by atoms with Gasteiger partial charge in [-0.3, -0.25) is 14.4 Å². The molecule has 6 fully saturated rings. The highest BCUT2D eigenvalue weighted by atomic mass is 19.1. The molecule has 2 saturated heterocycles. The lowest BCUT2D eigenvalue weighted by molar-refractivity contribution is -0.168. The fourth-order valence-electron chi connectivity index (χ4n) is 15.5. The summed E-state index contributed by atoms with van der Waals surface area (Å²) in [6.45, 7) is 7.92. The molecule has 66 heavy (non-hydrogen) atoms. The Hall–Kier alpha value is -2.85. The van der Waals surface area contributed by atoms with Crippen LogP contribution in [-0.4, -0.2) is 71.0 Å². The van der Waals surface area contributed by atoms with Crippen molar-refractivity contribution in [2.75, 3.05) is 53.6 Å². The molecule has 2 N–H and O–H groups in total. The van der Waals surface area contributed by atoms with E-state index in [1.54, 1.807) is 26.4 Å². The van der Waals surface area contributed by atoms with E-state index in [-0.39, 0.29) is 76.3 Å². The zero-order valence-corrected chi connectivity index (χ0v) is 40.9. The number of ketones is 3. The van der Waals surface area contributed by atoms with Gasteiger partial charge in [-0.1, -0.05) is 62.8 Å². The second kappa shape index (κ2) is 22.3.